The highest BCUT2D eigenvalue weighted by atomic mass is 127. The maximum absolute atomic E-state index is 3.83. The number of aliphatic imine (C=N–C) groups is 1. The molecule has 0 heterocycles. The van der Waals surface area contributed by atoms with E-state index in [0.29, 0.717) is 0 Å². The first kappa shape index (κ1) is 12.5. The van der Waals surface area contributed by atoms with Gasteiger partial charge in [-0.05, 0) is 48.4 Å². The van der Waals surface area contributed by atoms with E-state index in [1.165, 1.54) is 16.4 Å². The van der Waals surface area contributed by atoms with Crippen molar-refractivity contribution in [3.63, 3.8) is 0 Å². The van der Waals surface area contributed by atoms with Gasteiger partial charge in [0.05, 0.1) is 6.34 Å². The van der Waals surface area contributed by atoms with Gasteiger partial charge in [-0.1, -0.05) is 0 Å². The fourth-order valence-electron chi connectivity index (χ4n) is 1.31. The van der Waals surface area contributed by atoms with Crippen molar-refractivity contribution in [1.29, 1.82) is 0 Å². The molecule has 0 unspecified atom stereocenters. The summed E-state index contributed by atoms with van der Waals surface area (Å²) in [5, 5.41) is 2.97. The molecule has 0 aliphatic heterocycles. The van der Waals surface area contributed by atoms with Crippen LogP contribution < -0.4 is 5.32 Å². The summed E-state index contributed by atoms with van der Waals surface area (Å²) in [5.74, 6) is 0. The van der Waals surface area contributed by atoms with Crippen LogP contribution in [0.15, 0.2) is 27.0 Å². The number of rotatable bonds is 6. The molecule has 84 valence electrons. The minimum Gasteiger partial charge on any atom is -0.374 e. The number of hydrogen-bond donors (Lipinski definition) is 1. The molecule has 0 atom stereocenters. The molecule has 1 saturated carbocycles. The maximum Gasteiger partial charge on any atom is 0.0859 e. The second-order valence-corrected chi connectivity index (χ2v) is 4.71. The van der Waals surface area contributed by atoms with E-state index in [1.807, 2.05) is 12.3 Å². The van der Waals surface area contributed by atoms with Gasteiger partial charge in [-0.3, -0.25) is 4.99 Å². The smallest absolute Gasteiger partial charge is 0.0859 e. The third-order valence-corrected chi connectivity index (χ3v) is 2.85. The SMILES string of the molecule is CCN(/C=C(I)\C=C\NC=NC)C1CC1. The highest BCUT2D eigenvalue weighted by Gasteiger charge is 2.25. The molecule has 0 saturated heterocycles. The van der Waals surface area contributed by atoms with Crippen molar-refractivity contribution in [2.75, 3.05) is 13.6 Å². The van der Waals surface area contributed by atoms with E-state index in [-0.39, 0.29) is 0 Å². The van der Waals surface area contributed by atoms with Crippen molar-refractivity contribution in [2.24, 2.45) is 4.99 Å². The van der Waals surface area contributed by atoms with Crippen LogP contribution in [0.5, 0.6) is 0 Å². The number of nitrogens with one attached hydrogen (secondary N) is 1. The summed E-state index contributed by atoms with van der Waals surface area (Å²) < 4.78 is 1.23. The Balaban J connectivity index is 2.38. The molecule has 0 aromatic heterocycles. The van der Waals surface area contributed by atoms with Gasteiger partial charge in [-0.2, -0.15) is 0 Å². The lowest BCUT2D eigenvalue weighted by molar-refractivity contribution is 0.386. The predicted molar refractivity (Wildman–Crippen MR) is 74.2 cm³/mol. The molecule has 0 aromatic rings. The molecule has 0 radical (unpaired) electrons. The summed E-state index contributed by atoms with van der Waals surface area (Å²) in [6.07, 6.45) is 10.5. The molecule has 4 heteroatoms. The first-order chi connectivity index (χ1) is 7.27. The highest BCUT2D eigenvalue weighted by molar-refractivity contribution is 14.1. The second-order valence-electron chi connectivity index (χ2n) is 3.46. The Hall–Kier alpha value is -0.520. The van der Waals surface area contributed by atoms with Crippen molar-refractivity contribution in [3.8, 4) is 0 Å². The van der Waals surface area contributed by atoms with Gasteiger partial charge in [0.2, 0.25) is 0 Å². The molecule has 0 amide bonds. The minimum absolute atomic E-state index is 0.790. The lowest BCUT2D eigenvalue weighted by Crippen LogP contribution is -2.18. The Morgan fingerprint density at radius 3 is 2.87 bits per heavy atom. The fraction of sp³-hybridized carbons (Fsp3) is 0.545. The molecule has 1 fully saturated rings. The van der Waals surface area contributed by atoms with Crippen LogP contribution in [0, 0.1) is 0 Å². The third kappa shape index (κ3) is 5.20. The van der Waals surface area contributed by atoms with Gasteiger partial charge in [0.15, 0.2) is 0 Å². The summed E-state index contributed by atoms with van der Waals surface area (Å²) in [4.78, 5) is 6.23. The first-order valence-corrected chi connectivity index (χ1v) is 6.32. The molecule has 0 aromatic carbocycles. The zero-order valence-corrected chi connectivity index (χ0v) is 11.4. The van der Waals surface area contributed by atoms with Crippen molar-refractivity contribution >= 4 is 28.9 Å². The highest BCUT2D eigenvalue weighted by Crippen LogP contribution is 2.27. The van der Waals surface area contributed by atoms with E-state index in [1.54, 1.807) is 13.4 Å². The van der Waals surface area contributed by atoms with E-state index in [9.17, 15) is 0 Å². The topological polar surface area (TPSA) is 27.6 Å². The zero-order chi connectivity index (χ0) is 11.1. The summed E-state index contributed by atoms with van der Waals surface area (Å²) in [6, 6.07) is 0.790. The van der Waals surface area contributed by atoms with Gasteiger partial charge in [-0.25, -0.2) is 0 Å². The molecular weight excluding hydrogens is 301 g/mol. The van der Waals surface area contributed by atoms with Gasteiger partial charge < -0.3 is 10.2 Å². The van der Waals surface area contributed by atoms with Gasteiger partial charge in [0, 0.05) is 35.6 Å². The number of nitrogens with zero attached hydrogens (tertiary/aromatic N) is 2. The minimum atomic E-state index is 0.790. The zero-order valence-electron chi connectivity index (χ0n) is 9.28. The molecule has 1 aliphatic rings. The number of hydrogen-bond acceptors (Lipinski definition) is 2. The Labute approximate surface area is 105 Å². The largest absolute Gasteiger partial charge is 0.374 e. The lowest BCUT2D eigenvalue weighted by atomic mass is 10.4. The van der Waals surface area contributed by atoms with Crippen LogP contribution in [0.3, 0.4) is 0 Å². The van der Waals surface area contributed by atoms with E-state index in [0.717, 1.165) is 12.6 Å². The molecule has 0 bridgehead atoms. The van der Waals surface area contributed by atoms with Crippen LogP contribution >= 0.6 is 22.6 Å². The summed E-state index contributed by atoms with van der Waals surface area (Å²) in [5.41, 5.74) is 0. The summed E-state index contributed by atoms with van der Waals surface area (Å²) >= 11 is 2.34. The van der Waals surface area contributed by atoms with E-state index < -0.39 is 0 Å². The lowest BCUT2D eigenvalue weighted by Gasteiger charge is -2.17. The van der Waals surface area contributed by atoms with Crippen LogP contribution in [0.4, 0.5) is 0 Å². The van der Waals surface area contributed by atoms with Gasteiger partial charge >= 0.3 is 0 Å². The predicted octanol–water partition coefficient (Wildman–Crippen LogP) is 2.51. The van der Waals surface area contributed by atoms with Crippen LogP contribution in [-0.2, 0) is 0 Å². The summed E-state index contributed by atoms with van der Waals surface area (Å²) in [7, 11) is 1.74. The molecule has 1 N–H and O–H groups in total. The van der Waals surface area contributed by atoms with Gasteiger partial charge in [0.25, 0.3) is 0 Å². The van der Waals surface area contributed by atoms with Crippen molar-refractivity contribution in [3.05, 3.63) is 22.1 Å². The third-order valence-electron chi connectivity index (χ3n) is 2.21. The molecule has 3 nitrogen and oxygen atoms in total. The van der Waals surface area contributed by atoms with Gasteiger partial charge in [0.1, 0.15) is 0 Å². The summed E-state index contributed by atoms with van der Waals surface area (Å²) in [6.45, 7) is 3.29. The van der Waals surface area contributed by atoms with Crippen LogP contribution in [0.2, 0.25) is 0 Å². The molecule has 1 rings (SSSR count). The monoisotopic (exact) mass is 319 g/mol. The second kappa shape index (κ2) is 6.87. The van der Waals surface area contributed by atoms with Crippen molar-refractivity contribution < 1.29 is 0 Å². The number of allylic oxidation sites excluding steroid dienone is 2. The normalized spacial score (nSPS) is 17.7. The van der Waals surface area contributed by atoms with Crippen molar-refractivity contribution in [1.82, 2.24) is 10.2 Å². The van der Waals surface area contributed by atoms with E-state index >= 15 is 0 Å². The van der Waals surface area contributed by atoms with Crippen LogP contribution in [-0.4, -0.2) is 30.9 Å². The quantitative estimate of drug-likeness (QED) is 0.353. The van der Waals surface area contributed by atoms with E-state index in [2.05, 4.69) is 50.9 Å². The molecular formula is C11H18IN3. The van der Waals surface area contributed by atoms with Crippen LogP contribution in [0.1, 0.15) is 19.8 Å². The fourth-order valence-corrected chi connectivity index (χ4v) is 1.85. The number of halogens is 1. The Morgan fingerprint density at radius 2 is 2.33 bits per heavy atom. The molecule has 1 aliphatic carbocycles. The van der Waals surface area contributed by atoms with Gasteiger partial charge in [-0.15, -0.1) is 0 Å². The van der Waals surface area contributed by atoms with Crippen LogP contribution in [0.25, 0.3) is 0 Å². The first-order valence-electron chi connectivity index (χ1n) is 5.24. The standard InChI is InChI=1S/C11H18IN3/c1-3-15(11-4-5-11)8-10(12)6-7-14-9-13-2/h6-9,11H,3-5H2,1-2H3,(H,13,14)/b7-6+,10-8+. The Kier molecular flexibility index (Phi) is 5.75. The molecule has 15 heavy (non-hydrogen) atoms. The maximum atomic E-state index is 3.83. The average Bonchev–Trinajstić information content (AvgIpc) is 3.05. The Bertz CT molecular complexity index is 267. The van der Waals surface area contributed by atoms with Crippen molar-refractivity contribution in [2.45, 2.75) is 25.8 Å². The average molecular weight is 319 g/mol. The Morgan fingerprint density at radius 1 is 1.60 bits per heavy atom. The molecule has 0 spiro atoms. The van der Waals surface area contributed by atoms with E-state index in [4.69, 9.17) is 0 Å².